The second-order valence-electron chi connectivity index (χ2n) is 7.57. The highest BCUT2D eigenvalue weighted by Crippen LogP contribution is 2.35. The van der Waals surface area contributed by atoms with Gasteiger partial charge in [-0.3, -0.25) is 4.79 Å². The summed E-state index contributed by atoms with van der Waals surface area (Å²) in [6.45, 7) is 2.22. The fourth-order valence-electron chi connectivity index (χ4n) is 3.61. The number of carbonyl (C=O) groups is 2. The molecule has 9 nitrogen and oxygen atoms in total. The molecule has 1 amide bonds. The monoisotopic (exact) mass is 422 g/mol. The maximum atomic E-state index is 12.3. The molecule has 0 aliphatic carbocycles. The second-order valence-corrected chi connectivity index (χ2v) is 7.57. The number of aryl methyl sites for hydroxylation is 1. The quantitative estimate of drug-likeness (QED) is 0.611. The SMILES string of the molecule is COC(=O)c1nc(-c2cccc(-c3cc([C@]4(O)CCN(C)C4=O)on3)c2)cc(C)c1N. The average Bonchev–Trinajstić information content (AvgIpc) is 3.37. The number of carbonyl (C=O) groups excluding carboxylic acids is 2. The molecular weight excluding hydrogens is 400 g/mol. The summed E-state index contributed by atoms with van der Waals surface area (Å²) in [6.07, 6.45) is 0.238. The van der Waals surface area contributed by atoms with Gasteiger partial charge in [-0.05, 0) is 24.6 Å². The molecule has 3 aromatic rings. The highest BCUT2D eigenvalue weighted by atomic mass is 16.5. The van der Waals surface area contributed by atoms with E-state index in [2.05, 4.69) is 10.1 Å². The standard InChI is InChI=1S/C22H22N4O5/c1-12-9-15(24-19(18(12)23)20(27)30-3)13-5-4-6-14(10-13)16-11-17(31-25-16)22(29)7-8-26(2)21(22)28/h4-6,9-11,29H,7-8,23H2,1-3H3/t22-/m1/s1. The van der Waals surface area contributed by atoms with Crippen molar-refractivity contribution < 1.29 is 24.0 Å². The molecule has 4 rings (SSSR count). The predicted octanol–water partition coefficient (Wildman–Crippen LogP) is 2.13. The molecular formula is C22H22N4O5. The van der Waals surface area contributed by atoms with E-state index in [1.807, 2.05) is 24.3 Å². The summed E-state index contributed by atoms with van der Waals surface area (Å²) in [5.74, 6) is -0.920. The minimum atomic E-state index is -1.71. The third kappa shape index (κ3) is 3.42. The van der Waals surface area contributed by atoms with Crippen molar-refractivity contribution in [2.75, 3.05) is 26.4 Å². The number of anilines is 1. The lowest BCUT2D eigenvalue weighted by Crippen LogP contribution is -2.35. The van der Waals surface area contributed by atoms with Crippen LogP contribution in [0.4, 0.5) is 5.69 Å². The van der Waals surface area contributed by atoms with E-state index in [-0.39, 0.29) is 23.6 Å². The van der Waals surface area contributed by atoms with Gasteiger partial charge in [-0.25, -0.2) is 9.78 Å². The number of hydrogen-bond acceptors (Lipinski definition) is 8. The number of pyridine rings is 1. The van der Waals surface area contributed by atoms with Crippen LogP contribution in [-0.2, 0) is 15.1 Å². The van der Waals surface area contributed by atoms with Crippen molar-refractivity contribution in [1.29, 1.82) is 0 Å². The first kappa shape index (κ1) is 20.5. The van der Waals surface area contributed by atoms with E-state index in [1.165, 1.54) is 12.0 Å². The van der Waals surface area contributed by atoms with Crippen LogP contribution in [0.15, 0.2) is 40.9 Å². The number of hydrogen-bond donors (Lipinski definition) is 2. The zero-order valence-electron chi connectivity index (χ0n) is 17.4. The van der Waals surface area contributed by atoms with Crippen LogP contribution >= 0.6 is 0 Å². The van der Waals surface area contributed by atoms with Gasteiger partial charge >= 0.3 is 5.97 Å². The van der Waals surface area contributed by atoms with Crippen LogP contribution in [0.1, 0.15) is 28.2 Å². The first-order valence-corrected chi connectivity index (χ1v) is 9.66. The van der Waals surface area contributed by atoms with Crippen LogP contribution in [0.2, 0.25) is 0 Å². The first-order chi connectivity index (χ1) is 14.7. The van der Waals surface area contributed by atoms with Gasteiger partial charge < -0.3 is 25.0 Å². The van der Waals surface area contributed by atoms with Gasteiger partial charge in [0.05, 0.1) is 18.5 Å². The Bertz CT molecular complexity index is 1190. The normalized spacial score (nSPS) is 18.5. The number of benzene rings is 1. The largest absolute Gasteiger partial charge is 0.464 e. The van der Waals surface area contributed by atoms with Crippen molar-refractivity contribution in [3.05, 3.63) is 53.4 Å². The van der Waals surface area contributed by atoms with Gasteiger partial charge in [-0.1, -0.05) is 23.4 Å². The van der Waals surface area contributed by atoms with Crippen LogP contribution < -0.4 is 5.73 Å². The molecule has 31 heavy (non-hydrogen) atoms. The summed E-state index contributed by atoms with van der Waals surface area (Å²) in [5, 5.41) is 14.8. The Hall–Kier alpha value is -3.72. The molecule has 9 heteroatoms. The number of rotatable bonds is 4. The van der Waals surface area contributed by atoms with Gasteiger partial charge in [-0.2, -0.15) is 0 Å². The lowest BCUT2D eigenvalue weighted by atomic mass is 9.97. The Morgan fingerprint density at radius 1 is 1.26 bits per heavy atom. The number of ether oxygens (including phenoxy) is 1. The van der Waals surface area contributed by atoms with Gasteiger partial charge in [0.25, 0.3) is 5.91 Å². The topological polar surface area (TPSA) is 132 Å². The number of nitrogens with two attached hydrogens (primary N) is 1. The van der Waals surface area contributed by atoms with E-state index in [1.54, 1.807) is 26.1 Å². The summed E-state index contributed by atoms with van der Waals surface area (Å²) in [5.41, 5.74) is 7.74. The molecule has 0 saturated carbocycles. The van der Waals surface area contributed by atoms with Crippen LogP contribution in [-0.4, -0.2) is 52.7 Å². The lowest BCUT2D eigenvalue weighted by Gasteiger charge is -2.16. The van der Waals surface area contributed by atoms with E-state index in [4.69, 9.17) is 15.0 Å². The molecule has 1 fully saturated rings. The van der Waals surface area contributed by atoms with Crippen LogP contribution in [0.25, 0.3) is 22.5 Å². The predicted molar refractivity (Wildman–Crippen MR) is 112 cm³/mol. The van der Waals surface area contributed by atoms with Crippen molar-refractivity contribution in [3.8, 4) is 22.5 Å². The Labute approximate surface area is 178 Å². The van der Waals surface area contributed by atoms with E-state index in [0.717, 1.165) is 5.56 Å². The molecule has 0 radical (unpaired) electrons. The molecule has 0 spiro atoms. The molecule has 2 aromatic heterocycles. The summed E-state index contributed by atoms with van der Waals surface area (Å²) in [4.78, 5) is 30.2. The van der Waals surface area contributed by atoms with Gasteiger partial charge in [0.15, 0.2) is 11.5 Å². The van der Waals surface area contributed by atoms with E-state index < -0.39 is 17.5 Å². The molecule has 0 unspecified atom stereocenters. The molecule has 1 aliphatic heterocycles. The fourth-order valence-corrected chi connectivity index (χ4v) is 3.61. The number of amides is 1. The number of nitrogens with zero attached hydrogens (tertiary/aromatic N) is 3. The number of aliphatic hydroxyl groups is 1. The van der Waals surface area contributed by atoms with Crippen LogP contribution in [0.5, 0.6) is 0 Å². The Balaban J connectivity index is 1.71. The Morgan fingerprint density at radius 3 is 2.61 bits per heavy atom. The highest BCUT2D eigenvalue weighted by molar-refractivity contribution is 5.94. The molecule has 3 heterocycles. The summed E-state index contributed by atoms with van der Waals surface area (Å²) < 4.78 is 10.1. The highest BCUT2D eigenvalue weighted by Gasteiger charge is 2.48. The third-order valence-corrected chi connectivity index (χ3v) is 5.53. The maximum absolute atomic E-state index is 12.3. The average molecular weight is 422 g/mol. The first-order valence-electron chi connectivity index (χ1n) is 9.66. The lowest BCUT2D eigenvalue weighted by molar-refractivity contribution is -0.144. The number of likely N-dealkylation sites (N-methyl/N-ethyl adjacent to an activating group) is 1. The Kier molecular flexibility index (Phi) is 4.98. The molecule has 0 bridgehead atoms. The summed E-state index contributed by atoms with van der Waals surface area (Å²) in [6, 6.07) is 10.7. The number of aromatic nitrogens is 2. The zero-order chi connectivity index (χ0) is 22.3. The smallest absolute Gasteiger partial charge is 0.358 e. The number of nitrogen functional groups attached to an aromatic ring is 1. The summed E-state index contributed by atoms with van der Waals surface area (Å²) in [7, 11) is 2.90. The minimum Gasteiger partial charge on any atom is -0.464 e. The maximum Gasteiger partial charge on any atom is 0.358 e. The van der Waals surface area contributed by atoms with Crippen LogP contribution in [0, 0.1) is 6.92 Å². The summed E-state index contributed by atoms with van der Waals surface area (Å²) >= 11 is 0. The van der Waals surface area contributed by atoms with Crippen molar-refractivity contribution in [2.45, 2.75) is 18.9 Å². The van der Waals surface area contributed by atoms with Crippen LogP contribution in [0.3, 0.4) is 0 Å². The third-order valence-electron chi connectivity index (χ3n) is 5.53. The van der Waals surface area contributed by atoms with E-state index in [0.29, 0.717) is 29.1 Å². The van der Waals surface area contributed by atoms with Gasteiger partial charge in [0.2, 0.25) is 5.60 Å². The second kappa shape index (κ2) is 7.51. The molecule has 160 valence electrons. The van der Waals surface area contributed by atoms with Gasteiger partial charge in [-0.15, -0.1) is 0 Å². The number of methoxy groups -OCH3 is 1. The van der Waals surface area contributed by atoms with Crippen molar-refractivity contribution in [1.82, 2.24) is 15.0 Å². The van der Waals surface area contributed by atoms with Crippen molar-refractivity contribution in [2.24, 2.45) is 0 Å². The number of esters is 1. The minimum absolute atomic E-state index is 0.0534. The molecule has 1 aliphatic rings. The molecule has 1 aromatic carbocycles. The Morgan fingerprint density at radius 2 is 1.97 bits per heavy atom. The molecule has 3 N–H and O–H groups in total. The van der Waals surface area contributed by atoms with Gasteiger partial charge in [0.1, 0.15) is 5.69 Å². The van der Waals surface area contributed by atoms with Crippen molar-refractivity contribution in [3.63, 3.8) is 0 Å². The van der Waals surface area contributed by atoms with E-state index in [9.17, 15) is 14.7 Å². The number of likely N-dealkylation sites (tertiary alicyclic amines) is 1. The fraction of sp³-hybridized carbons (Fsp3) is 0.273. The molecule has 1 atom stereocenters. The van der Waals surface area contributed by atoms with Crippen molar-refractivity contribution >= 4 is 17.6 Å². The van der Waals surface area contributed by atoms with Gasteiger partial charge in [0, 0.05) is 37.2 Å². The van der Waals surface area contributed by atoms with E-state index >= 15 is 0 Å². The molecule has 1 saturated heterocycles. The zero-order valence-corrected chi connectivity index (χ0v) is 17.4.